The number of aryl methyl sites for hydroxylation is 1. The fourth-order valence-corrected chi connectivity index (χ4v) is 3.92. The number of aromatic hydroxyl groups is 1. The van der Waals surface area contributed by atoms with Crippen molar-refractivity contribution < 1.29 is 19.1 Å². The second-order valence-electron chi connectivity index (χ2n) is 7.31. The van der Waals surface area contributed by atoms with Gasteiger partial charge in [0.05, 0.1) is 21.4 Å². The number of carbonyl (C=O) groups is 2. The molecule has 0 radical (unpaired) electrons. The molecule has 0 bridgehead atoms. The minimum atomic E-state index is -0.450. The Morgan fingerprint density at radius 3 is 2.56 bits per heavy atom. The molecule has 3 aromatic rings. The Morgan fingerprint density at radius 2 is 1.81 bits per heavy atom. The Morgan fingerprint density at radius 1 is 1.06 bits per heavy atom. The minimum Gasteiger partial charge on any atom is -0.508 e. The normalized spacial score (nSPS) is 14.2. The first kappa shape index (κ1) is 21.9. The molecule has 0 spiro atoms. The predicted octanol–water partition coefficient (Wildman–Crippen LogP) is 5.32. The van der Waals surface area contributed by atoms with Crippen molar-refractivity contribution in [2.24, 2.45) is 5.10 Å². The van der Waals surface area contributed by atoms with E-state index in [9.17, 15) is 14.7 Å². The summed E-state index contributed by atoms with van der Waals surface area (Å²) in [6.07, 6.45) is 2.06. The number of phenols is 1. The number of benzene rings is 2. The SMILES string of the molecule is Cc1c(C(=O)Nc2cccc(Cl)c2Cl)oc2c1/C(=N/NC(=O)c1ccc(O)cc1)CCC2. The second kappa shape index (κ2) is 9.06. The number of nitrogens with one attached hydrogen (secondary N) is 2. The van der Waals surface area contributed by atoms with Gasteiger partial charge in [-0.25, -0.2) is 5.43 Å². The van der Waals surface area contributed by atoms with E-state index in [1.807, 2.05) is 0 Å². The monoisotopic (exact) mass is 471 g/mol. The molecule has 0 aliphatic heterocycles. The summed E-state index contributed by atoms with van der Waals surface area (Å²) in [7, 11) is 0. The van der Waals surface area contributed by atoms with E-state index in [2.05, 4.69) is 15.8 Å². The summed E-state index contributed by atoms with van der Waals surface area (Å²) in [5.74, 6) is 0.0239. The van der Waals surface area contributed by atoms with Gasteiger partial charge in [-0.1, -0.05) is 29.3 Å². The lowest BCUT2D eigenvalue weighted by atomic mass is 9.93. The molecule has 0 atom stereocenters. The Hall–Kier alpha value is -3.29. The van der Waals surface area contributed by atoms with Crippen molar-refractivity contribution in [1.82, 2.24) is 5.43 Å². The molecule has 9 heteroatoms. The molecule has 0 saturated carbocycles. The van der Waals surface area contributed by atoms with Gasteiger partial charge in [0.25, 0.3) is 11.8 Å². The third-order valence-electron chi connectivity index (χ3n) is 5.15. The lowest BCUT2D eigenvalue weighted by molar-refractivity contribution is 0.0953. The third kappa shape index (κ3) is 4.35. The number of amides is 2. The Balaban J connectivity index is 1.57. The molecule has 32 heavy (non-hydrogen) atoms. The molecule has 1 aliphatic rings. The molecule has 3 N–H and O–H groups in total. The molecular weight excluding hydrogens is 453 g/mol. The number of carbonyl (C=O) groups excluding carboxylic acids is 2. The predicted molar refractivity (Wildman–Crippen MR) is 123 cm³/mol. The van der Waals surface area contributed by atoms with E-state index in [1.54, 1.807) is 25.1 Å². The summed E-state index contributed by atoms with van der Waals surface area (Å²) in [6, 6.07) is 10.8. The van der Waals surface area contributed by atoms with Crippen LogP contribution in [-0.2, 0) is 6.42 Å². The van der Waals surface area contributed by atoms with Crippen LogP contribution in [0.3, 0.4) is 0 Å². The lowest BCUT2D eigenvalue weighted by Crippen LogP contribution is -2.22. The molecule has 4 rings (SSSR count). The highest BCUT2D eigenvalue weighted by molar-refractivity contribution is 6.44. The number of phenolic OH excluding ortho intramolecular Hbond substituents is 1. The number of furan rings is 1. The highest BCUT2D eigenvalue weighted by Gasteiger charge is 2.28. The first-order valence-electron chi connectivity index (χ1n) is 9.89. The molecule has 0 unspecified atom stereocenters. The maximum atomic E-state index is 12.9. The van der Waals surface area contributed by atoms with Gasteiger partial charge in [-0.3, -0.25) is 9.59 Å². The van der Waals surface area contributed by atoms with Crippen LogP contribution in [0.25, 0.3) is 0 Å². The van der Waals surface area contributed by atoms with Gasteiger partial charge in [-0.05, 0) is 56.2 Å². The molecule has 7 nitrogen and oxygen atoms in total. The maximum Gasteiger partial charge on any atom is 0.291 e. The second-order valence-corrected chi connectivity index (χ2v) is 8.09. The topological polar surface area (TPSA) is 104 Å². The van der Waals surface area contributed by atoms with E-state index in [1.165, 1.54) is 24.3 Å². The van der Waals surface area contributed by atoms with Crippen molar-refractivity contribution in [2.75, 3.05) is 5.32 Å². The number of halogens is 2. The van der Waals surface area contributed by atoms with Gasteiger partial charge < -0.3 is 14.8 Å². The highest BCUT2D eigenvalue weighted by Crippen LogP contribution is 2.33. The van der Waals surface area contributed by atoms with Crippen molar-refractivity contribution in [1.29, 1.82) is 0 Å². The summed E-state index contributed by atoms with van der Waals surface area (Å²) in [4.78, 5) is 25.2. The zero-order valence-corrected chi connectivity index (χ0v) is 18.5. The molecule has 0 saturated heterocycles. The van der Waals surface area contributed by atoms with Crippen molar-refractivity contribution in [3.8, 4) is 5.75 Å². The number of hydrazone groups is 1. The summed E-state index contributed by atoms with van der Waals surface area (Å²) in [5.41, 5.74) is 5.29. The molecule has 0 fully saturated rings. The molecule has 1 aromatic heterocycles. The van der Waals surface area contributed by atoms with E-state index in [-0.39, 0.29) is 16.5 Å². The molecule has 1 aliphatic carbocycles. The lowest BCUT2D eigenvalue weighted by Gasteiger charge is -2.13. The van der Waals surface area contributed by atoms with Crippen LogP contribution in [0.4, 0.5) is 5.69 Å². The summed E-state index contributed by atoms with van der Waals surface area (Å²) >= 11 is 12.2. The average Bonchev–Trinajstić information content (AvgIpc) is 3.13. The van der Waals surface area contributed by atoms with Gasteiger partial charge in [-0.2, -0.15) is 5.10 Å². The summed E-state index contributed by atoms with van der Waals surface area (Å²) in [6.45, 7) is 1.78. The fourth-order valence-electron chi connectivity index (χ4n) is 3.57. The smallest absolute Gasteiger partial charge is 0.291 e. The van der Waals surface area contributed by atoms with Crippen LogP contribution in [0.15, 0.2) is 52.0 Å². The van der Waals surface area contributed by atoms with Gasteiger partial charge in [0.2, 0.25) is 0 Å². The van der Waals surface area contributed by atoms with Gasteiger partial charge in [0.1, 0.15) is 11.5 Å². The van der Waals surface area contributed by atoms with Crippen LogP contribution < -0.4 is 10.7 Å². The van der Waals surface area contributed by atoms with Crippen LogP contribution in [0.5, 0.6) is 5.75 Å². The third-order valence-corrected chi connectivity index (χ3v) is 5.97. The van der Waals surface area contributed by atoms with Gasteiger partial charge >= 0.3 is 0 Å². The maximum absolute atomic E-state index is 12.9. The molecule has 2 aromatic carbocycles. The van der Waals surface area contributed by atoms with Crippen LogP contribution in [0.1, 0.15) is 50.6 Å². The van der Waals surface area contributed by atoms with Crippen molar-refractivity contribution >= 4 is 46.4 Å². The van der Waals surface area contributed by atoms with E-state index in [0.29, 0.717) is 46.2 Å². The van der Waals surface area contributed by atoms with E-state index < -0.39 is 11.8 Å². The van der Waals surface area contributed by atoms with Crippen LogP contribution in [0, 0.1) is 6.92 Å². The number of rotatable bonds is 4. The first-order chi connectivity index (χ1) is 15.3. The number of anilines is 1. The van der Waals surface area contributed by atoms with Gasteiger partial charge in [0.15, 0.2) is 5.76 Å². The molecule has 2 amide bonds. The summed E-state index contributed by atoms with van der Waals surface area (Å²) < 4.78 is 5.87. The largest absolute Gasteiger partial charge is 0.508 e. The average molecular weight is 472 g/mol. The number of nitrogens with zero attached hydrogens (tertiary/aromatic N) is 1. The van der Waals surface area contributed by atoms with E-state index in [4.69, 9.17) is 27.6 Å². The first-order valence-corrected chi connectivity index (χ1v) is 10.6. The molecule has 164 valence electrons. The van der Waals surface area contributed by atoms with Crippen molar-refractivity contribution in [2.45, 2.75) is 26.2 Å². The zero-order chi connectivity index (χ0) is 22.8. The fraction of sp³-hybridized carbons (Fsp3) is 0.174. The van der Waals surface area contributed by atoms with Gasteiger partial charge in [0, 0.05) is 23.1 Å². The number of fused-ring (bicyclic) bond motifs is 1. The quantitative estimate of drug-likeness (QED) is 0.447. The minimum absolute atomic E-state index is 0.0728. The number of hydrogen-bond donors (Lipinski definition) is 3. The Kier molecular flexibility index (Phi) is 6.21. The van der Waals surface area contributed by atoms with Crippen LogP contribution >= 0.6 is 23.2 Å². The summed E-state index contributed by atoms with van der Waals surface area (Å²) in [5, 5.41) is 17.0. The molecule has 1 heterocycles. The van der Waals surface area contributed by atoms with E-state index in [0.717, 1.165) is 12.0 Å². The zero-order valence-electron chi connectivity index (χ0n) is 17.0. The Labute approximate surface area is 194 Å². The standard InChI is InChI=1S/C23H19Cl2N3O4/c1-12-19-16(27-28-22(30)13-8-10-14(29)11-9-13)5-3-7-18(19)32-21(12)23(31)26-17-6-2-4-15(24)20(17)25/h2,4,6,8-11,29H,3,5,7H2,1H3,(H,26,31)(H,28,30)/b27-16+. The number of hydrogen-bond acceptors (Lipinski definition) is 5. The highest BCUT2D eigenvalue weighted by atomic mass is 35.5. The van der Waals surface area contributed by atoms with Crippen LogP contribution in [0.2, 0.25) is 10.0 Å². The van der Waals surface area contributed by atoms with Gasteiger partial charge in [-0.15, -0.1) is 0 Å². The van der Waals surface area contributed by atoms with Crippen molar-refractivity contribution in [3.05, 3.63) is 80.7 Å². The van der Waals surface area contributed by atoms with Crippen LogP contribution in [-0.4, -0.2) is 22.6 Å². The molecular formula is C23H19Cl2N3O4. The van der Waals surface area contributed by atoms with Crippen molar-refractivity contribution in [3.63, 3.8) is 0 Å². The van der Waals surface area contributed by atoms with E-state index >= 15 is 0 Å². The Bertz CT molecular complexity index is 1230.